The minimum absolute atomic E-state index is 0.150. The molecule has 29 heavy (non-hydrogen) atoms. The van der Waals surface area contributed by atoms with E-state index in [4.69, 9.17) is 0 Å². The Morgan fingerprint density at radius 1 is 0.966 bits per heavy atom. The van der Waals surface area contributed by atoms with Gasteiger partial charge in [0, 0.05) is 50.4 Å². The minimum Gasteiger partial charge on any atom is -0.359 e. The molecule has 0 aliphatic heterocycles. The van der Waals surface area contributed by atoms with Crippen molar-refractivity contribution >= 4 is 29.0 Å². The van der Waals surface area contributed by atoms with Crippen LogP contribution < -0.4 is 15.5 Å². The number of amides is 2. The van der Waals surface area contributed by atoms with E-state index in [1.54, 1.807) is 42.7 Å². The van der Waals surface area contributed by atoms with E-state index in [9.17, 15) is 9.59 Å². The number of hydrogen-bond donors (Lipinski definition) is 2. The second-order valence-corrected chi connectivity index (χ2v) is 6.50. The van der Waals surface area contributed by atoms with Crippen molar-refractivity contribution in [1.82, 2.24) is 15.0 Å². The molecule has 2 N–H and O–H groups in total. The Hall–Kier alpha value is -3.81. The molecule has 1 aromatic carbocycles. The highest BCUT2D eigenvalue weighted by Crippen LogP contribution is 2.16. The highest BCUT2D eigenvalue weighted by atomic mass is 16.2. The monoisotopic (exact) mass is 390 g/mol. The van der Waals surface area contributed by atoms with Crippen molar-refractivity contribution in [2.24, 2.45) is 0 Å². The van der Waals surface area contributed by atoms with Crippen LogP contribution in [0.4, 0.5) is 17.2 Å². The average Bonchev–Trinajstić information content (AvgIpc) is 2.74. The van der Waals surface area contributed by atoms with Crippen molar-refractivity contribution in [3.8, 4) is 0 Å². The first-order chi connectivity index (χ1) is 14.0. The molecule has 0 unspecified atom stereocenters. The molecule has 0 aliphatic carbocycles. The maximum Gasteiger partial charge on any atom is 0.274 e. The number of nitrogens with one attached hydrogen (secondary N) is 2. The SMILES string of the molecule is CC(=O)Nc1ccc(NC(=O)c2cc(N(C)CCc3ccncc3)ncn2)cc1. The van der Waals surface area contributed by atoms with Crippen molar-refractivity contribution < 1.29 is 9.59 Å². The van der Waals surface area contributed by atoms with Gasteiger partial charge >= 0.3 is 0 Å². The largest absolute Gasteiger partial charge is 0.359 e. The number of likely N-dealkylation sites (N-methyl/N-ethyl adjacent to an activating group) is 1. The summed E-state index contributed by atoms with van der Waals surface area (Å²) in [4.78, 5) is 37.9. The second-order valence-electron chi connectivity index (χ2n) is 6.50. The molecule has 0 radical (unpaired) electrons. The fraction of sp³-hybridized carbons (Fsp3) is 0.190. The van der Waals surface area contributed by atoms with E-state index in [2.05, 4.69) is 25.6 Å². The number of carbonyl (C=O) groups excluding carboxylic acids is 2. The normalized spacial score (nSPS) is 10.3. The first-order valence-electron chi connectivity index (χ1n) is 9.12. The van der Waals surface area contributed by atoms with Gasteiger partial charge in [-0.1, -0.05) is 0 Å². The summed E-state index contributed by atoms with van der Waals surface area (Å²) in [5.41, 5.74) is 2.73. The average molecular weight is 390 g/mol. The van der Waals surface area contributed by atoms with E-state index < -0.39 is 0 Å². The molecule has 2 amide bonds. The maximum atomic E-state index is 12.5. The van der Waals surface area contributed by atoms with Crippen molar-refractivity contribution in [1.29, 1.82) is 0 Å². The van der Waals surface area contributed by atoms with Crippen LogP contribution in [0.1, 0.15) is 23.0 Å². The van der Waals surface area contributed by atoms with Gasteiger partial charge in [-0.2, -0.15) is 0 Å². The van der Waals surface area contributed by atoms with E-state index in [0.717, 1.165) is 13.0 Å². The summed E-state index contributed by atoms with van der Waals surface area (Å²) in [6.45, 7) is 2.18. The molecule has 3 aromatic rings. The third-order valence-electron chi connectivity index (χ3n) is 4.22. The van der Waals surface area contributed by atoms with Crippen LogP contribution in [0, 0.1) is 0 Å². The fourth-order valence-electron chi connectivity index (χ4n) is 2.68. The van der Waals surface area contributed by atoms with E-state index in [-0.39, 0.29) is 17.5 Å². The first-order valence-corrected chi connectivity index (χ1v) is 9.12. The number of hydrogen-bond acceptors (Lipinski definition) is 6. The van der Waals surface area contributed by atoms with E-state index >= 15 is 0 Å². The van der Waals surface area contributed by atoms with E-state index in [1.807, 2.05) is 24.1 Å². The van der Waals surface area contributed by atoms with Gasteiger partial charge in [0.15, 0.2) is 0 Å². The number of carbonyl (C=O) groups is 2. The summed E-state index contributed by atoms with van der Waals surface area (Å²) in [7, 11) is 1.92. The van der Waals surface area contributed by atoms with Crippen LogP contribution in [0.25, 0.3) is 0 Å². The molecule has 3 rings (SSSR count). The zero-order valence-electron chi connectivity index (χ0n) is 16.3. The Labute approximate surface area is 169 Å². The Morgan fingerprint density at radius 2 is 1.62 bits per heavy atom. The van der Waals surface area contributed by atoms with Gasteiger partial charge in [0.1, 0.15) is 17.8 Å². The van der Waals surface area contributed by atoms with Gasteiger partial charge in [-0.05, 0) is 48.4 Å². The zero-order valence-corrected chi connectivity index (χ0v) is 16.3. The van der Waals surface area contributed by atoms with Crippen molar-refractivity contribution in [3.63, 3.8) is 0 Å². The molecule has 0 atom stereocenters. The van der Waals surface area contributed by atoms with Crippen LogP contribution in [0.2, 0.25) is 0 Å². The van der Waals surface area contributed by atoms with Crippen molar-refractivity contribution in [2.75, 3.05) is 29.1 Å². The van der Waals surface area contributed by atoms with Crippen molar-refractivity contribution in [3.05, 3.63) is 72.4 Å². The Morgan fingerprint density at radius 3 is 2.28 bits per heavy atom. The Kier molecular flexibility index (Phi) is 6.47. The van der Waals surface area contributed by atoms with Crippen LogP contribution in [-0.2, 0) is 11.2 Å². The number of anilines is 3. The molecule has 0 fully saturated rings. The highest BCUT2D eigenvalue weighted by molar-refractivity contribution is 6.03. The topological polar surface area (TPSA) is 100 Å². The molecular weight excluding hydrogens is 368 g/mol. The number of pyridine rings is 1. The standard InChI is InChI=1S/C21H22N6O2/c1-15(28)25-17-3-5-18(6-4-17)26-21(29)19-13-20(24-14-23-19)27(2)12-9-16-7-10-22-11-8-16/h3-8,10-11,13-14H,9,12H2,1-2H3,(H,25,28)(H,26,29). The molecule has 2 heterocycles. The molecule has 8 nitrogen and oxygen atoms in total. The van der Waals surface area contributed by atoms with Crippen molar-refractivity contribution in [2.45, 2.75) is 13.3 Å². The predicted molar refractivity (Wildman–Crippen MR) is 112 cm³/mol. The zero-order chi connectivity index (χ0) is 20.6. The summed E-state index contributed by atoms with van der Waals surface area (Å²) in [5, 5.41) is 5.47. The lowest BCUT2D eigenvalue weighted by Crippen LogP contribution is -2.23. The quantitative estimate of drug-likeness (QED) is 0.643. The highest BCUT2D eigenvalue weighted by Gasteiger charge is 2.11. The third kappa shape index (κ3) is 5.83. The first kappa shape index (κ1) is 19.9. The van der Waals surface area contributed by atoms with Crippen LogP contribution in [0.15, 0.2) is 61.2 Å². The lowest BCUT2D eigenvalue weighted by atomic mass is 10.2. The minimum atomic E-state index is -0.330. The number of nitrogens with zero attached hydrogens (tertiary/aromatic N) is 4. The summed E-state index contributed by atoms with van der Waals surface area (Å²) >= 11 is 0. The summed E-state index contributed by atoms with van der Waals surface area (Å²) < 4.78 is 0. The fourth-order valence-corrected chi connectivity index (χ4v) is 2.68. The van der Waals surface area contributed by atoms with Gasteiger partial charge in [0.05, 0.1) is 0 Å². The molecule has 0 saturated heterocycles. The Bertz CT molecular complexity index is 976. The molecule has 0 aliphatic rings. The van der Waals surface area contributed by atoms with Crippen LogP contribution >= 0.6 is 0 Å². The lowest BCUT2D eigenvalue weighted by molar-refractivity contribution is -0.114. The van der Waals surface area contributed by atoms with E-state index in [0.29, 0.717) is 17.2 Å². The van der Waals surface area contributed by atoms with Crippen LogP contribution in [0.5, 0.6) is 0 Å². The van der Waals surface area contributed by atoms with Crippen LogP contribution in [0.3, 0.4) is 0 Å². The molecule has 2 aromatic heterocycles. The second kappa shape index (κ2) is 9.41. The molecule has 0 spiro atoms. The van der Waals surface area contributed by atoms with Gasteiger partial charge in [0.2, 0.25) is 5.91 Å². The Balaban J connectivity index is 1.62. The van der Waals surface area contributed by atoms with Gasteiger partial charge in [-0.15, -0.1) is 0 Å². The number of rotatable bonds is 7. The molecular formula is C21H22N6O2. The number of benzene rings is 1. The number of aromatic nitrogens is 3. The summed E-state index contributed by atoms with van der Waals surface area (Å²) in [6.07, 6.45) is 5.76. The molecule has 8 heteroatoms. The van der Waals surface area contributed by atoms with Gasteiger partial charge in [-0.25, -0.2) is 9.97 Å². The molecule has 0 bridgehead atoms. The third-order valence-corrected chi connectivity index (χ3v) is 4.22. The lowest BCUT2D eigenvalue weighted by Gasteiger charge is -2.18. The van der Waals surface area contributed by atoms with E-state index in [1.165, 1.54) is 18.8 Å². The van der Waals surface area contributed by atoms with Gasteiger partial charge in [-0.3, -0.25) is 14.6 Å². The molecule has 148 valence electrons. The molecule has 0 saturated carbocycles. The summed E-state index contributed by atoms with van der Waals surface area (Å²) in [5.74, 6) is 0.187. The maximum absolute atomic E-state index is 12.5. The van der Waals surface area contributed by atoms with Gasteiger partial charge in [0.25, 0.3) is 5.91 Å². The summed E-state index contributed by atoms with van der Waals surface area (Å²) in [6, 6.07) is 12.5. The smallest absolute Gasteiger partial charge is 0.274 e. The van der Waals surface area contributed by atoms with Gasteiger partial charge < -0.3 is 15.5 Å². The van der Waals surface area contributed by atoms with Crippen LogP contribution in [-0.4, -0.2) is 40.4 Å². The predicted octanol–water partition coefficient (Wildman–Crippen LogP) is 2.76.